The molecule has 8 heteroatoms. The van der Waals surface area contributed by atoms with Crippen LogP contribution in [0.15, 0.2) is 42.0 Å². The zero-order valence-electron chi connectivity index (χ0n) is 18.4. The monoisotopic (exact) mass is 448 g/mol. The van der Waals surface area contributed by atoms with Crippen molar-refractivity contribution in [3.05, 3.63) is 69.2 Å². The Hall–Kier alpha value is -3.70. The minimum absolute atomic E-state index is 0.0516. The number of aryl methyl sites for hydroxylation is 3. The fraction of sp³-hybridized carbons (Fsp3) is 0.250. The number of benzene rings is 2. The number of rotatable bonds is 8. The van der Waals surface area contributed by atoms with Gasteiger partial charge >= 0.3 is 0 Å². The van der Waals surface area contributed by atoms with E-state index in [4.69, 9.17) is 9.47 Å². The molecule has 0 atom stereocenters. The lowest BCUT2D eigenvalue weighted by atomic mass is 10.1. The number of hydrogen-bond acceptors (Lipinski definition) is 7. The maximum Gasteiger partial charge on any atom is 0.268 e. The number of ether oxygens (including phenoxy) is 2. The number of hydrogen-bond donors (Lipinski definition) is 1. The van der Waals surface area contributed by atoms with Crippen LogP contribution in [0.4, 0.5) is 5.13 Å². The average molecular weight is 449 g/mol. The summed E-state index contributed by atoms with van der Waals surface area (Å²) in [6, 6.07) is 13.4. The molecule has 0 bridgehead atoms. The van der Waals surface area contributed by atoms with Gasteiger partial charge in [-0.2, -0.15) is 5.26 Å². The highest BCUT2D eigenvalue weighted by atomic mass is 32.1. The second-order valence-electron chi connectivity index (χ2n) is 7.11. The second-order valence-corrected chi connectivity index (χ2v) is 8.17. The number of amides is 1. The molecule has 0 saturated carbocycles. The van der Waals surface area contributed by atoms with E-state index in [-0.39, 0.29) is 5.57 Å². The van der Waals surface area contributed by atoms with Crippen LogP contribution in [0, 0.1) is 25.2 Å². The molecule has 0 aliphatic carbocycles. The molecule has 0 saturated heterocycles. The number of anilines is 1. The van der Waals surface area contributed by atoms with Crippen LogP contribution in [0.25, 0.3) is 6.08 Å². The van der Waals surface area contributed by atoms with Gasteiger partial charge in [-0.3, -0.25) is 10.1 Å². The Kier molecular flexibility index (Phi) is 7.58. The van der Waals surface area contributed by atoms with Gasteiger partial charge in [0, 0.05) is 0 Å². The first-order valence-corrected chi connectivity index (χ1v) is 10.9. The summed E-state index contributed by atoms with van der Waals surface area (Å²) in [6.45, 7) is 6.47. The summed E-state index contributed by atoms with van der Waals surface area (Å²) in [5, 5.41) is 21.1. The lowest BCUT2D eigenvalue weighted by molar-refractivity contribution is -0.112. The van der Waals surface area contributed by atoms with Gasteiger partial charge in [-0.05, 0) is 55.2 Å². The molecule has 7 nitrogen and oxygen atoms in total. The van der Waals surface area contributed by atoms with E-state index < -0.39 is 5.91 Å². The SMILES string of the molecule is CCc1nnc(NC(=O)/C(C#N)=C\c2ccc(OCc3ccc(C)cc3C)c(OC)c2)s1. The molecule has 1 heterocycles. The number of carbonyl (C=O) groups is 1. The van der Waals surface area contributed by atoms with Crippen molar-refractivity contribution < 1.29 is 14.3 Å². The van der Waals surface area contributed by atoms with E-state index in [9.17, 15) is 10.1 Å². The predicted octanol–water partition coefficient (Wildman–Crippen LogP) is 4.85. The van der Waals surface area contributed by atoms with E-state index in [1.54, 1.807) is 25.3 Å². The summed E-state index contributed by atoms with van der Waals surface area (Å²) >= 11 is 1.28. The maximum absolute atomic E-state index is 12.5. The molecule has 3 rings (SSSR count). The molecular weight excluding hydrogens is 424 g/mol. The lowest BCUT2D eigenvalue weighted by Crippen LogP contribution is -2.13. The molecule has 1 aromatic heterocycles. The number of nitrogens with one attached hydrogen (secondary N) is 1. The number of aromatic nitrogens is 2. The Bertz CT molecular complexity index is 1190. The number of nitriles is 1. The fourth-order valence-electron chi connectivity index (χ4n) is 2.98. The van der Waals surface area contributed by atoms with Crippen molar-refractivity contribution >= 4 is 28.5 Å². The van der Waals surface area contributed by atoms with Crippen molar-refractivity contribution in [2.45, 2.75) is 33.8 Å². The Morgan fingerprint density at radius 1 is 1.19 bits per heavy atom. The lowest BCUT2D eigenvalue weighted by Gasteiger charge is -2.13. The third-order valence-electron chi connectivity index (χ3n) is 4.73. The standard InChI is InChI=1S/C24H24N4O3S/c1-5-22-27-28-24(32-22)26-23(29)19(13-25)11-17-7-9-20(21(12-17)30-4)31-14-18-8-6-15(2)10-16(18)3/h6-12H,5,14H2,1-4H3,(H,26,28,29)/b19-11-. The molecular formula is C24H24N4O3S. The largest absolute Gasteiger partial charge is 0.493 e. The molecule has 1 amide bonds. The number of methoxy groups -OCH3 is 1. The molecule has 0 spiro atoms. The van der Waals surface area contributed by atoms with E-state index in [1.807, 2.05) is 19.1 Å². The summed E-state index contributed by atoms with van der Waals surface area (Å²) in [4.78, 5) is 12.5. The summed E-state index contributed by atoms with van der Waals surface area (Å²) in [6.07, 6.45) is 2.22. The predicted molar refractivity (Wildman–Crippen MR) is 125 cm³/mol. The van der Waals surface area contributed by atoms with Crippen LogP contribution in [-0.2, 0) is 17.8 Å². The van der Waals surface area contributed by atoms with E-state index in [2.05, 4.69) is 41.5 Å². The molecule has 32 heavy (non-hydrogen) atoms. The quantitative estimate of drug-likeness (QED) is 0.391. The number of nitrogens with zero attached hydrogens (tertiary/aromatic N) is 3. The normalized spacial score (nSPS) is 11.0. The summed E-state index contributed by atoms with van der Waals surface area (Å²) in [5.74, 6) is 0.548. The van der Waals surface area contributed by atoms with Crippen LogP contribution in [-0.4, -0.2) is 23.2 Å². The van der Waals surface area contributed by atoms with Gasteiger partial charge in [-0.15, -0.1) is 10.2 Å². The molecule has 2 aromatic carbocycles. The van der Waals surface area contributed by atoms with E-state index in [1.165, 1.54) is 23.0 Å². The fourth-order valence-corrected chi connectivity index (χ4v) is 3.66. The molecule has 0 aliphatic heterocycles. The van der Waals surface area contributed by atoms with Gasteiger partial charge in [-0.1, -0.05) is 48.1 Å². The molecule has 0 radical (unpaired) electrons. The van der Waals surface area contributed by atoms with Gasteiger partial charge in [0.25, 0.3) is 5.91 Å². The van der Waals surface area contributed by atoms with Gasteiger partial charge in [-0.25, -0.2) is 0 Å². The van der Waals surface area contributed by atoms with Crippen LogP contribution < -0.4 is 14.8 Å². The van der Waals surface area contributed by atoms with Crippen LogP contribution in [0.1, 0.15) is 34.2 Å². The summed E-state index contributed by atoms with van der Waals surface area (Å²) < 4.78 is 11.4. The van der Waals surface area contributed by atoms with Crippen LogP contribution in [0.3, 0.4) is 0 Å². The second kappa shape index (κ2) is 10.6. The molecule has 1 N–H and O–H groups in total. The van der Waals surface area contributed by atoms with Gasteiger partial charge in [0.15, 0.2) is 11.5 Å². The minimum Gasteiger partial charge on any atom is -0.493 e. The summed E-state index contributed by atoms with van der Waals surface area (Å²) in [7, 11) is 1.55. The topological polar surface area (TPSA) is 97.1 Å². The van der Waals surface area contributed by atoms with Gasteiger partial charge < -0.3 is 9.47 Å². The van der Waals surface area contributed by atoms with Crippen LogP contribution in [0.5, 0.6) is 11.5 Å². The van der Waals surface area contributed by atoms with Gasteiger partial charge in [0.1, 0.15) is 23.3 Å². The maximum atomic E-state index is 12.5. The first-order valence-electron chi connectivity index (χ1n) is 10.1. The van der Waals surface area contributed by atoms with Crippen molar-refractivity contribution in [2.75, 3.05) is 12.4 Å². The minimum atomic E-state index is -0.541. The smallest absolute Gasteiger partial charge is 0.268 e. The molecule has 0 aliphatic rings. The molecule has 0 unspecified atom stereocenters. The highest BCUT2D eigenvalue weighted by Gasteiger charge is 2.14. The average Bonchev–Trinajstić information content (AvgIpc) is 3.24. The Morgan fingerprint density at radius 2 is 2.00 bits per heavy atom. The third kappa shape index (κ3) is 5.71. The van der Waals surface area contributed by atoms with Crippen molar-refractivity contribution in [3.8, 4) is 17.6 Å². The van der Waals surface area contributed by atoms with Gasteiger partial charge in [0.2, 0.25) is 5.13 Å². The van der Waals surface area contributed by atoms with Crippen molar-refractivity contribution in [1.82, 2.24) is 10.2 Å². The first kappa shape index (κ1) is 23.0. The molecule has 3 aromatic rings. The van der Waals surface area contributed by atoms with E-state index >= 15 is 0 Å². The number of carbonyl (C=O) groups excluding carboxylic acids is 1. The Morgan fingerprint density at radius 3 is 2.66 bits per heavy atom. The van der Waals surface area contributed by atoms with E-state index in [0.29, 0.717) is 28.8 Å². The third-order valence-corrected chi connectivity index (χ3v) is 5.72. The molecule has 0 fully saturated rings. The van der Waals surface area contributed by atoms with Gasteiger partial charge in [0.05, 0.1) is 7.11 Å². The van der Waals surface area contributed by atoms with Crippen LogP contribution >= 0.6 is 11.3 Å². The molecule has 164 valence electrons. The van der Waals surface area contributed by atoms with Crippen LogP contribution in [0.2, 0.25) is 0 Å². The Balaban J connectivity index is 1.74. The van der Waals surface area contributed by atoms with E-state index in [0.717, 1.165) is 22.6 Å². The summed E-state index contributed by atoms with van der Waals surface area (Å²) in [5.41, 5.74) is 4.04. The zero-order chi connectivity index (χ0) is 23.1. The van der Waals surface area contributed by atoms with Crippen molar-refractivity contribution in [2.24, 2.45) is 0 Å². The van der Waals surface area contributed by atoms with Crippen molar-refractivity contribution in [3.63, 3.8) is 0 Å². The van der Waals surface area contributed by atoms with Crippen molar-refractivity contribution in [1.29, 1.82) is 5.26 Å². The highest BCUT2D eigenvalue weighted by molar-refractivity contribution is 7.15. The first-order chi connectivity index (χ1) is 15.4. The Labute approximate surface area is 191 Å². The highest BCUT2D eigenvalue weighted by Crippen LogP contribution is 2.30. The zero-order valence-corrected chi connectivity index (χ0v) is 19.2.